The van der Waals surface area contributed by atoms with Crippen molar-refractivity contribution in [3.05, 3.63) is 29.3 Å². The summed E-state index contributed by atoms with van der Waals surface area (Å²) in [5.41, 5.74) is -0.118. The minimum Gasteiger partial charge on any atom is -0.367 e. The molecule has 0 unspecified atom stereocenters. The topological polar surface area (TPSA) is 50.6 Å². The Labute approximate surface area is 165 Å². The summed E-state index contributed by atoms with van der Waals surface area (Å²) in [6.07, 6.45) is 2.15. The molecule has 152 valence electrons. The van der Waals surface area contributed by atoms with E-state index < -0.39 is 11.6 Å². The molecule has 1 aromatic carbocycles. The molecule has 0 saturated carbocycles. The Balaban J connectivity index is 1.60. The van der Waals surface area contributed by atoms with Crippen molar-refractivity contribution in [1.82, 2.24) is 9.80 Å². The highest BCUT2D eigenvalue weighted by atomic mass is 19.1. The van der Waals surface area contributed by atoms with Crippen LogP contribution in [0.1, 0.15) is 38.7 Å². The summed E-state index contributed by atoms with van der Waals surface area (Å²) in [4.78, 5) is 19.0. The van der Waals surface area contributed by atoms with Crippen molar-refractivity contribution in [1.29, 1.82) is 5.26 Å². The van der Waals surface area contributed by atoms with E-state index in [9.17, 15) is 13.6 Å². The second kappa shape index (κ2) is 8.87. The van der Waals surface area contributed by atoms with Gasteiger partial charge in [0.1, 0.15) is 5.69 Å². The second-order valence-electron chi connectivity index (χ2n) is 7.97. The van der Waals surface area contributed by atoms with Gasteiger partial charge in [0.25, 0.3) is 0 Å². The zero-order valence-electron chi connectivity index (χ0n) is 16.6. The third-order valence-corrected chi connectivity index (χ3v) is 5.88. The van der Waals surface area contributed by atoms with Gasteiger partial charge in [0.15, 0.2) is 11.6 Å². The molecule has 1 amide bonds. The lowest BCUT2D eigenvalue weighted by Crippen LogP contribution is -2.44. The number of hydrogen-bond donors (Lipinski definition) is 0. The molecule has 5 nitrogen and oxygen atoms in total. The molecular weight excluding hydrogens is 362 g/mol. The molecule has 0 bridgehead atoms. The zero-order chi connectivity index (χ0) is 20.3. The van der Waals surface area contributed by atoms with Gasteiger partial charge in [-0.1, -0.05) is 0 Å². The summed E-state index contributed by atoms with van der Waals surface area (Å²) < 4.78 is 28.5. The minimum atomic E-state index is -0.720. The zero-order valence-corrected chi connectivity index (χ0v) is 16.6. The summed E-state index contributed by atoms with van der Waals surface area (Å²) in [5.74, 6) is -1.36. The lowest BCUT2D eigenvalue weighted by Gasteiger charge is -2.35. The molecule has 0 N–H and O–H groups in total. The van der Waals surface area contributed by atoms with Crippen molar-refractivity contribution < 1.29 is 13.6 Å². The lowest BCUT2D eigenvalue weighted by atomic mass is 9.94. The Morgan fingerprint density at radius 2 is 1.71 bits per heavy atom. The average Bonchev–Trinajstić information content (AvgIpc) is 2.93. The largest absolute Gasteiger partial charge is 0.367 e. The van der Waals surface area contributed by atoms with Gasteiger partial charge >= 0.3 is 0 Å². The smallest absolute Gasteiger partial charge is 0.225 e. The van der Waals surface area contributed by atoms with Gasteiger partial charge in [-0.05, 0) is 45.2 Å². The molecular formula is C21H28F2N4O. The number of carbonyl (C=O) groups excluding carboxylic acids is 1. The molecule has 0 aromatic heterocycles. The van der Waals surface area contributed by atoms with Crippen LogP contribution in [0.25, 0.3) is 0 Å². The summed E-state index contributed by atoms with van der Waals surface area (Å²) in [6, 6.07) is 4.37. The Morgan fingerprint density at radius 1 is 1.07 bits per heavy atom. The van der Waals surface area contributed by atoms with E-state index in [-0.39, 0.29) is 23.1 Å². The van der Waals surface area contributed by atoms with E-state index in [1.54, 1.807) is 11.0 Å². The van der Waals surface area contributed by atoms with Crippen LogP contribution in [0.5, 0.6) is 0 Å². The van der Waals surface area contributed by atoms with Crippen molar-refractivity contribution in [3.63, 3.8) is 0 Å². The number of halogens is 2. The number of rotatable bonds is 3. The molecule has 0 aliphatic carbocycles. The normalized spacial score (nSPS) is 19.6. The number of nitrogens with zero attached hydrogens (tertiary/aromatic N) is 4. The number of nitriles is 1. The Hall–Kier alpha value is -2.20. The summed E-state index contributed by atoms with van der Waals surface area (Å²) in [5, 5.41) is 8.83. The predicted octanol–water partition coefficient (Wildman–Crippen LogP) is 3.00. The van der Waals surface area contributed by atoms with Gasteiger partial charge < -0.3 is 9.80 Å². The number of benzene rings is 1. The van der Waals surface area contributed by atoms with Crippen LogP contribution in [0.4, 0.5) is 14.5 Å². The monoisotopic (exact) mass is 390 g/mol. The molecule has 1 aromatic rings. The number of hydrogen-bond acceptors (Lipinski definition) is 4. The van der Waals surface area contributed by atoms with E-state index in [1.807, 2.05) is 4.90 Å². The highest BCUT2D eigenvalue weighted by Gasteiger charge is 2.31. The first-order valence-corrected chi connectivity index (χ1v) is 10.1. The number of anilines is 1. The summed E-state index contributed by atoms with van der Waals surface area (Å²) in [7, 11) is 0. The average molecular weight is 390 g/mol. The standard InChI is InChI=1S/C21H28F2N4O/c1-15(2)25-6-3-7-27(11-10-25)21(28)17-4-8-26(9-5-17)20-18(22)12-16(14-24)13-19(20)23/h12-13,15,17H,3-11H2,1-2H3. The van der Waals surface area contributed by atoms with E-state index in [0.29, 0.717) is 32.0 Å². The van der Waals surface area contributed by atoms with E-state index >= 15 is 0 Å². The molecule has 2 saturated heterocycles. The maximum Gasteiger partial charge on any atom is 0.225 e. The maximum absolute atomic E-state index is 14.3. The summed E-state index contributed by atoms with van der Waals surface area (Å²) in [6.45, 7) is 8.64. The number of carbonyl (C=O) groups is 1. The van der Waals surface area contributed by atoms with Crippen LogP contribution in [-0.4, -0.2) is 61.0 Å². The van der Waals surface area contributed by atoms with Gasteiger partial charge in [0.05, 0.1) is 11.6 Å². The Morgan fingerprint density at radius 3 is 2.29 bits per heavy atom. The summed E-state index contributed by atoms with van der Waals surface area (Å²) >= 11 is 0. The highest BCUT2D eigenvalue weighted by Crippen LogP contribution is 2.30. The molecule has 0 spiro atoms. The van der Waals surface area contributed by atoms with Crippen LogP contribution in [0.3, 0.4) is 0 Å². The third kappa shape index (κ3) is 4.44. The van der Waals surface area contributed by atoms with Crippen molar-refractivity contribution in [2.75, 3.05) is 44.2 Å². The van der Waals surface area contributed by atoms with Gasteiger partial charge in [0, 0.05) is 51.2 Å². The van der Waals surface area contributed by atoms with E-state index in [1.165, 1.54) is 0 Å². The van der Waals surface area contributed by atoms with Gasteiger partial charge in [0.2, 0.25) is 5.91 Å². The van der Waals surface area contributed by atoms with E-state index in [4.69, 9.17) is 5.26 Å². The van der Waals surface area contributed by atoms with E-state index in [2.05, 4.69) is 18.7 Å². The van der Waals surface area contributed by atoms with E-state index in [0.717, 1.165) is 44.7 Å². The SMILES string of the molecule is CC(C)N1CCCN(C(=O)C2CCN(c3c(F)cc(C#N)cc3F)CC2)CC1. The van der Waals surface area contributed by atoms with Crippen LogP contribution in [0, 0.1) is 28.9 Å². The first-order chi connectivity index (χ1) is 13.4. The molecule has 3 rings (SSSR count). The van der Waals surface area contributed by atoms with Crippen LogP contribution in [-0.2, 0) is 4.79 Å². The van der Waals surface area contributed by atoms with Gasteiger partial charge in [-0.2, -0.15) is 5.26 Å². The van der Waals surface area contributed by atoms with Crippen LogP contribution in [0.15, 0.2) is 12.1 Å². The van der Waals surface area contributed by atoms with Crippen molar-refractivity contribution in [2.24, 2.45) is 5.92 Å². The first kappa shape index (κ1) is 20.5. The fourth-order valence-corrected chi connectivity index (χ4v) is 4.21. The fourth-order valence-electron chi connectivity index (χ4n) is 4.21. The quantitative estimate of drug-likeness (QED) is 0.796. The predicted molar refractivity (Wildman–Crippen MR) is 104 cm³/mol. The van der Waals surface area contributed by atoms with Crippen molar-refractivity contribution in [3.8, 4) is 6.07 Å². The fraction of sp³-hybridized carbons (Fsp3) is 0.619. The molecule has 28 heavy (non-hydrogen) atoms. The van der Waals surface area contributed by atoms with Crippen molar-refractivity contribution >= 4 is 11.6 Å². The number of amides is 1. The highest BCUT2D eigenvalue weighted by molar-refractivity contribution is 5.79. The Kier molecular flexibility index (Phi) is 6.50. The van der Waals surface area contributed by atoms with Gasteiger partial charge in [-0.15, -0.1) is 0 Å². The Bertz CT molecular complexity index is 730. The third-order valence-electron chi connectivity index (χ3n) is 5.88. The molecule has 2 fully saturated rings. The lowest BCUT2D eigenvalue weighted by molar-refractivity contribution is -0.136. The number of piperidine rings is 1. The molecule has 0 atom stereocenters. The first-order valence-electron chi connectivity index (χ1n) is 10.1. The molecule has 2 aliphatic rings. The molecule has 2 heterocycles. The second-order valence-corrected chi connectivity index (χ2v) is 7.97. The van der Waals surface area contributed by atoms with Crippen LogP contribution < -0.4 is 4.90 Å². The maximum atomic E-state index is 14.3. The van der Waals surface area contributed by atoms with Crippen LogP contribution >= 0.6 is 0 Å². The minimum absolute atomic E-state index is 0.0274. The van der Waals surface area contributed by atoms with Gasteiger partial charge in [-0.25, -0.2) is 8.78 Å². The molecule has 0 radical (unpaired) electrons. The van der Waals surface area contributed by atoms with Crippen LogP contribution in [0.2, 0.25) is 0 Å². The van der Waals surface area contributed by atoms with Gasteiger partial charge in [-0.3, -0.25) is 9.69 Å². The molecule has 7 heteroatoms. The van der Waals surface area contributed by atoms with Crippen molar-refractivity contribution in [2.45, 2.75) is 39.2 Å². The molecule has 2 aliphatic heterocycles.